The lowest BCUT2D eigenvalue weighted by Crippen LogP contribution is -1.91. The van der Waals surface area contributed by atoms with E-state index in [1.807, 2.05) is 42.2 Å². The summed E-state index contributed by atoms with van der Waals surface area (Å²) in [7, 11) is 0. The quantitative estimate of drug-likeness (QED) is 0.449. The van der Waals surface area contributed by atoms with Crippen molar-refractivity contribution in [3.05, 3.63) is 72.8 Å². The highest BCUT2D eigenvalue weighted by molar-refractivity contribution is 7.99. The van der Waals surface area contributed by atoms with Crippen LogP contribution in [0.25, 0.3) is 28.0 Å². The molecule has 132 valence electrons. The highest BCUT2D eigenvalue weighted by Crippen LogP contribution is 2.28. The van der Waals surface area contributed by atoms with E-state index in [4.69, 9.17) is 5.26 Å². The van der Waals surface area contributed by atoms with Gasteiger partial charge in [0.2, 0.25) is 0 Å². The van der Waals surface area contributed by atoms with Gasteiger partial charge in [-0.2, -0.15) is 5.26 Å². The van der Waals surface area contributed by atoms with Gasteiger partial charge in [0.05, 0.1) is 11.9 Å². The van der Waals surface area contributed by atoms with Crippen LogP contribution in [0, 0.1) is 11.3 Å². The average Bonchev–Trinajstić information content (AvgIpc) is 3.11. The largest absolute Gasteiger partial charge is 0.299 e. The standard InChI is InChI=1S/C22H18N4S/c1-15(2)27-20-8-4-16(5-9-20)21-13-25-22-10-6-18(14-26(21)22)17-3-7-19(11-23)24-12-17/h3-10,12-15H,1-2H3. The minimum absolute atomic E-state index is 0.419. The van der Waals surface area contributed by atoms with E-state index in [2.05, 4.69) is 58.7 Å². The molecule has 0 N–H and O–H groups in total. The number of nitrogens with zero attached hydrogens (tertiary/aromatic N) is 4. The summed E-state index contributed by atoms with van der Waals surface area (Å²) in [5, 5.41) is 9.48. The number of nitriles is 1. The Kier molecular flexibility index (Phi) is 4.66. The number of hydrogen-bond acceptors (Lipinski definition) is 4. The fourth-order valence-corrected chi connectivity index (χ4v) is 3.81. The van der Waals surface area contributed by atoms with Crippen molar-refractivity contribution in [1.29, 1.82) is 5.26 Å². The predicted octanol–water partition coefficient (Wildman–Crippen LogP) is 5.44. The van der Waals surface area contributed by atoms with Gasteiger partial charge in [-0.25, -0.2) is 9.97 Å². The van der Waals surface area contributed by atoms with E-state index in [1.54, 1.807) is 12.3 Å². The molecule has 5 heteroatoms. The summed E-state index contributed by atoms with van der Waals surface area (Å²) in [4.78, 5) is 9.96. The fourth-order valence-electron chi connectivity index (χ4n) is 2.97. The van der Waals surface area contributed by atoms with Crippen LogP contribution in [0.2, 0.25) is 0 Å². The lowest BCUT2D eigenvalue weighted by Gasteiger charge is -2.08. The van der Waals surface area contributed by atoms with Crippen LogP contribution in [-0.4, -0.2) is 19.6 Å². The van der Waals surface area contributed by atoms with Crippen molar-refractivity contribution in [2.45, 2.75) is 24.0 Å². The van der Waals surface area contributed by atoms with Crippen molar-refractivity contribution in [3.63, 3.8) is 0 Å². The summed E-state index contributed by atoms with van der Waals surface area (Å²) in [5.74, 6) is 0. The van der Waals surface area contributed by atoms with Gasteiger partial charge in [-0.3, -0.25) is 4.40 Å². The molecule has 0 aliphatic rings. The molecule has 0 amide bonds. The first-order valence-corrected chi connectivity index (χ1v) is 9.63. The van der Waals surface area contributed by atoms with Gasteiger partial charge in [0.1, 0.15) is 17.4 Å². The smallest absolute Gasteiger partial charge is 0.140 e. The van der Waals surface area contributed by atoms with E-state index in [-0.39, 0.29) is 0 Å². The number of hydrogen-bond donors (Lipinski definition) is 0. The second-order valence-corrected chi connectivity index (χ2v) is 8.17. The molecule has 1 aromatic carbocycles. The van der Waals surface area contributed by atoms with Gasteiger partial charge in [0.25, 0.3) is 0 Å². The summed E-state index contributed by atoms with van der Waals surface area (Å²) in [6.45, 7) is 4.39. The van der Waals surface area contributed by atoms with Crippen LogP contribution < -0.4 is 0 Å². The van der Waals surface area contributed by atoms with Crippen molar-refractivity contribution in [1.82, 2.24) is 14.4 Å². The third kappa shape index (κ3) is 3.57. The Hall–Kier alpha value is -3.10. The molecule has 0 atom stereocenters. The van der Waals surface area contributed by atoms with Crippen LogP contribution in [0.1, 0.15) is 19.5 Å². The van der Waals surface area contributed by atoms with Crippen LogP contribution >= 0.6 is 11.8 Å². The number of imidazole rings is 1. The summed E-state index contributed by atoms with van der Waals surface area (Å²) < 4.78 is 2.10. The van der Waals surface area contributed by atoms with Crippen molar-refractivity contribution in [3.8, 4) is 28.5 Å². The number of pyridine rings is 2. The number of aromatic nitrogens is 3. The van der Waals surface area contributed by atoms with Crippen molar-refractivity contribution in [2.24, 2.45) is 0 Å². The SMILES string of the molecule is CC(C)Sc1ccc(-c2cnc3ccc(-c4ccc(C#N)nc4)cn23)cc1. The summed E-state index contributed by atoms with van der Waals surface area (Å²) in [6.07, 6.45) is 5.70. The van der Waals surface area contributed by atoms with Crippen LogP contribution in [0.4, 0.5) is 0 Å². The number of thioether (sulfide) groups is 1. The van der Waals surface area contributed by atoms with Crippen molar-refractivity contribution >= 4 is 17.4 Å². The molecule has 4 rings (SSSR count). The number of benzene rings is 1. The third-order valence-corrected chi connectivity index (χ3v) is 5.25. The molecule has 0 fully saturated rings. The lowest BCUT2D eigenvalue weighted by molar-refractivity contribution is 1.11. The molecule has 0 unspecified atom stereocenters. The van der Waals surface area contributed by atoms with Crippen molar-refractivity contribution in [2.75, 3.05) is 0 Å². The number of rotatable bonds is 4. The zero-order valence-electron chi connectivity index (χ0n) is 15.1. The molecule has 0 bridgehead atoms. The third-order valence-electron chi connectivity index (χ3n) is 4.24. The minimum atomic E-state index is 0.419. The lowest BCUT2D eigenvalue weighted by atomic mass is 10.1. The Morgan fingerprint density at radius 1 is 0.889 bits per heavy atom. The zero-order chi connectivity index (χ0) is 18.8. The first kappa shape index (κ1) is 17.3. The Morgan fingerprint density at radius 3 is 2.30 bits per heavy atom. The Balaban J connectivity index is 1.72. The maximum absolute atomic E-state index is 8.92. The summed E-state index contributed by atoms with van der Waals surface area (Å²) in [5.41, 5.74) is 5.50. The molecule has 0 saturated carbocycles. The molecule has 0 saturated heterocycles. The molecular formula is C22H18N4S. The van der Waals surface area contributed by atoms with E-state index in [0.29, 0.717) is 10.9 Å². The van der Waals surface area contributed by atoms with Gasteiger partial charge < -0.3 is 0 Å². The van der Waals surface area contributed by atoms with E-state index in [0.717, 1.165) is 28.0 Å². The normalized spacial score (nSPS) is 11.0. The van der Waals surface area contributed by atoms with Gasteiger partial charge >= 0.3 is 0 Å². The van der Waals surface area contributed by atoms with Crippen LogP contribution in [0.5, 0.6) is 0 Å². The Bertz CT molecular complexity index is 1120. The maximum atomic E-state index is 8.92. The average molecular weight is 370 g/mol. The second kappa shape index (κ2) is 7.26. The molecule has 4 aromatic rings. The summed E-state index contributed by atoms with van der Waals surface area (Å²) >= 11 is 1.86. The molecule has 3 heterocycles. The first-order valence-electron chi connectivity index (χ1n) is 8.75. The van der Waals surface area contributed by atoms with Gasteiger partial charge in [0, 0.05) is 39.2 Å². The van der Waals surface area contributed by atoms with Crippen molar-refractivity contribution < 1.29 is 0 Å². The zero-order valence-corrected chi connectivity index (χ0v) is 15.9. The predicted molar refractivity (Wildman–Crippen MR) is 110 cm³/mol. The highest BCUT2D eigenvalue weighted by Gasteiger charge is 2.08. The van der Waals surface area contributed by atoms with E-state index < -0.39 is 0 Å². The van der Waals surface area contributed by atoms with Gasteiger partial charge in [-0.1, -0.05) is 26.0 Å². The molecule has 0 aliphatic heterocycles. The van der Waals surface area contributed by atoms with E-state index >= 15 is 0 Å². The second-order valence-electron chi connectivity index (χ2n) is 6.52. The fraction of sp³-hybridized carbons (Fsp3) is 0.136. The van der Waals surface area contributed by atoms with Crippen LogP contribution in [-0.2, 0) is 0 Å². The molecule has 27 heavy (non-hydrogen) atoms. The number of fused-ring (bicyclic) bond motifs is 1. The van der Waals surface area contributed by atoms with E-state index in [1.165, 1.54) is 4.90 Å². The molecule has 0 spiro atoms. The van der Waals surface area contributed by atoms with Gasteiger partial charge in [0.15, 0.2) is 0 Å². The van der Waals surface area contributed by atoms with E-state index in [9.17, 15) is 0 Å². The molecule has 3 aromatic heterocycles. The molecular weight excluding hydrogens is 352 g/mol. The minimum Gasteiger partial charge on any atom is -0.299 e. The monoisotopic (exact) mass is 370 g/mol. The van der Waals surface area contributed by atoms with Crippen LogP contribution in [0.3, 0.4) is 0 Å². The van der Waals surface area contributed by atoms with Gasteiger partial charge in [-0.05, 0) is 36.4 Å². The Morgan fingerprint density at radius 2 is 1.63 bits per heavy atom. The molecule has 0 radical (unpaired) electrons. The van der Waals surface area contributed by atoms with Crippen LogP contribution in [0.15, 0.2) is 72.0 Å². The summed E-state index contributed by atoms with van der Waals surface area (Å²) in [6, 6.07) is 18.3. The first-order chi connectivity index (χ1) is 13.1. The van der Waals surface area contributed by atoms with Gasteiger partial charge in [-0.15, -0.1) is 11.8 Å². The molecule has 0 aliphatic carbocycles. The maximum Gasteiger partial charge on any atom is 0.140 e. The highest BCUT2D eigenvalue weighted by atomic mass is 32.2. The molecule has 4 nitrogen and oxygen atoms in total. The topological polar surface area (TPSA) is 54.0 Å². The Labute approximate surface area is 162 Å².